The van der Waals surface area contributed by atoms with Crippen LogP contribution in [0.25, 0.3) is 0 Å². The Morgan fingerprint density at radius 3 is 2.41 bits per heavy atom. The molecule has 1 aliphatic carbocycles. The molecule has 0 saturated carbocycles. The Hall–Kier alpha value is -2.60. The van der Waals surface area contributed by atoms with Gasteiger partial charge in [-0.25, -0.2) is 0 Å². The van der Waals surface area contributed by atoms with Gasteiger partial charge in [0, 0.05) is 46.0 Å². The van der Waals surface area contributed by atoms with Crippen molar-refractivity contribution in [3.05, 3.63) is 69.3 Å². The molecule has 5 nitrogen and oxygen atoms in total. The van der Waals surface area contributed by atoms with Gasteiger partial charge in [0.2, 0.25) is 5.91 Å². The summed E-state index contributed by atoms with van der Waals surface area (Å²) in [4.78, 5) is 25.7. The number of Topliss-reactive ketones (excluding diaryl/α,β-unsaturated/α-hetero) is 1. The van der Waals surface area contributed by atoms with Gasteiger partial charge in [0.05, 0.1) is 14.2 Å². The van der Waals surface area contributed by atoms with Gasteiger partial charge in [0.25, 0.3) is 0 Å². The second kappa shape index (κ2) is 8.03. The van der Waals surface area contributed by atoms with E-state index in [1.54, 1.807) is 14.2 Å². The Morgan fingerprint density at radius 1 is 0.966 bits per heavy atom. The van der Waals surface area contributed by atoms with E-state index >= 15 is 0 Å². The number of nitrogens with one attached hydrogen (secondary N) is 1. The second-order valence-electron chi connectivity index (χ2n) is 7.38. The van der Waals surface area contributed by atoms with E-state index in [0.717, 1.165) is 32.6 Å². The van der Waals surface area contributed by atoms with Crippen LogP contribution in [0.1, 0.15) is 42.2 Å². The fourth-order valence-corrected chi connectivity index (χ4v) is 4.58. The lowest BCUT2D eigenvalue weighted by molar-refractivity contribution is -0.122. The van der Waals surface area contributed by atoms with Gasteiger partial charge in [-0.2, -0.15) is 0 Å². The van der Waals surface area contributed by atoms with Gasteiger partial charge in [-0.05, 0) is 42.3 Å². The van der Waals surface area contributed by atoms with Crippen molar-refractivity contribution in [1.82, 2.24) is 5.32 Å². The molecule has 2 aromatic rings. The zero-order valence-electron chi connectivity index (χ0n) is 16.3. The molecule has 1 N–H and O–H groups in total. The number of carbonyl (C=O) groups is 2. The fraction of sp³-hybridized carbons (Fsp3) is 0.304. The highest BCUT2D eigenvalue weighted by atomic mass is 79.9. The highest BCUT2D eigenvalue weighted by molar-refractivity contribution is 9.10. The minimum Gasteiger partial charge on any atom is -0.497 e. The summed E-state index contributed by atoms with van der Waals surface area (Å²) in [5.41, 5.74) is 3.39. The number of carbonyl (C=O) groups excluding carboxylic acids is 2. The van der Waals surface area contributed by atoms with E-state index in [9.17, 15) is 9.59 Å². The number of benzene rings is 2. The summed E-state index contributed by atoms with van der Waals surface area (Å²) in [5, 5.41) is 2.96. The van der Waals surface area contributed by atoms with Crippen molar-refractivity contribution in [2.24, 2.45) is 0 Å². The standard InChI is InChI=1S/C23H22BrNO4/c1-28-16-7-8-21(29-2)17(11-16)14-9-19-23(20(26)10-14)18(12-22(27)25-19)13-3-5-15(24)6-4-13/h3-8,11,14,18H,9-10,12H2,1-2H3,(H,25,27). The van der Waals surface area contributed by atoms with Crippen LogP contribution >= 0.6 is 15.9 Å². The molecule has 150 valence electrons. The van der Waals surface area contributed by atoms with Crippen molar-refractivity contribution in [2.45, 2.75) is 31.1 Å². The molecular weight excluding hydrogens is 434 g/mol. The number of ether oxygens (including phenoxy) is 2. The molecule has 2 aliphatic rings. The number of rotatable bonds is 4. The number of ketones is 1. The molecule has 4 rings (SSSR count). The summed E-state index contributed by atoms with van der Waals surface area (Å²) >= 11 is 3.44. The Balaban J connectivity index is 1.72. The number of allylic oxidation sites excluding steroid dienone is 2. The quantitative estimate of drug-likeness (QED) is 0.738. The normalized spacial score (nSPS) is 21.5. The molecule has 0 aromatic heterocycles. The van der Waals surface area contributed by atoms with Crippen molar-refractivity contribution in [1.29, 1.82) is 0 Å². The Kier molecular flexibility index (Phi) is 5.46. The number of methoxy groups -OCH3 is 2. The predicted octanol–water partition coefficient (Wildman–Crippen LogP) is 4.47. The smallest absolute Gasteiger partial charge is 0.225 e. The third-order valence-electron chi connectivity index (χ3n) is 5.69. The first kappa shape index (κ1) is 19.7. The van der Waals surface area contributed by atoms with Crippen LogP contribution in [0.15, 0.2) is 58.2 Å². The van der Waals surface area contributed by atoms with Gasteiger partial charge in [-0.3, -0.25) is 9.59 Å². The summed E-state index contributed by atoms with van der Waals surface area (Å²) in [5.74, 6) is 1.19. The summed E-state index contributed by atoms with van der Waals surface area (Å²) in [6.07, 6.45) is 1.26. The van der Waals surface area contributed by atoms with Crippen molar-refractivity contribution in [2.75, 3.05) is 14.2 Å². The van der Waals surface area contributed by atoms with Crippen LogP contribution in [-0.2, 0) is 9.59 Å². The van der Waals surface area contributed by atoms with E-state index in [2.05, 4.69) is 21.2 Å². The zero-order valence-corrected chi connectivity index (χ0v) is 17.9. The van der Waals surface area contributed by atoms with Crippen LogP contribution in [0.5, 0.6) is 11.5 Å². The monoisotopic (exact) mass is 455 g/mol. The number of hydrogen-bond donors (Lipinski definition) is 1. The van der Waals surface area contributed by atoms with Gasteiger partial charge >= 0.3 is 0 Å². The first-order valence-electron chi connectivity index (χ1n) is 9.53. The van der Waals surface area contributed by atoms with E-state index in [0.29, 0.717) is 25.0 Å². The molecule has 2 aromatic carbocycles. The van der Waals surface area contributed by atoms with E-state index in [1.807, 2.05) is 42.5 Å². The molecular formula is C23H22BrNO4. The van der Waals surface area contributed by atoms with Crippen molar-refractivity contribution in [3.63, 3.8) is 0 Å². The lowest BCUT2D eigenvalue weighted by Gasteiger charge is -2.35. The third-order valence-corrected chi connectivity index (χ3v) is 6.21. The van der Waals surface area contributed by atoms with Crippen LogP contribution in [0.3, 0.4) is 0 Å². The third kappa shape index (κ3) is 3.81. The van der Waals surface area contributed by atoms with Crippen molar-refractivity contribution < 1.29 is 19.1 Å². The van der Waals surface area contributed by atoms with Crippen LogP contribution in [0, 0.1) is 0 Å². The predicted molar refractivity (Wildman–Crippen MR) is 113 cm³/mol. The highest BCUT2D eigenvalue weighted by Crippen LogP contribution is 2.45. The van der Waals surface area contributed by atoms with E-state index in [-0.39, 0.29) is 23.5 Å². The van der Waals surface area contributed by atoms with E-state index in [4.69, 9.17) is 9.47 Å². The zero-order chi connectivity index (χ0) is 20.5. The van der Waals surface area contributed by atoms with Gasteiger partial charge in [0.1, 0.15) is 11.5 Å². The molecule has 29 heavy (non-hydrogen) atoms. The molecule has 1 amide bonds. The minimum atomic E-state index is -0.201. The molecule has 2 unspecified atom stereocenters. The molecule has 1 aliphatic heterocycles. The Bertz CT molecular complexity index is 996. The van der Waals surface area contributed by atoms with Crippen molar-refractivity contribution in [3.8, 4) is 11.5 Å². The molecule has 1 heterocycles. The Labute approximate surface area is 178 Å². The molecule has 0 radical (unpaired) electrons. The first-order valence-corrected chi connectivity index (χ1v) is 10.3. The van der Waals surface area contributed by atoms with Crippen LogP contribution in [-0.4, -0.2) is 25.9 Å². The fourth-order valence-electron chi connectivity index (χ4n) is 4.32. The maximum atomic E-state index is 13.2. The topological polar surface area (TPSA) is 64.6 Å². The first-order chi connectivity index (χ1) is 14.0. The summed E-state index contributed by atoms with van der Waals surface area (Å²) in [6, 6.07) is 13.4. The maximum Gasteiger partial charge on any atom is 0.225 e. The van der Waals surface area contributed by atoms with Gasteiger partial charge < -0.3 is 14.8 Å². The van der Waals surface area contributed by atoms with Crippen LogP contribution in [0.4, 0.5) is 0 Å². The average molecular weight is 456 g/mol. The molecule has 0 bridgehead atoms. The highest BCUT2D eigenvalue weighted by Gasteiger charge is 2.38. The minimum absolute atomic E-state index is 0.0530. The Morgan fingerprint density at radius 2 is 1.72 bits per heavy atom. The lowest BCUT2D eigenvalue weighted by atomic mass is 9.73. The number of amides is 1. The lowest BCUT2D eigenvalue weighted by Crippen LogP contribution is -2.38. The van der Waals surface area contributed by atoms with E-state index < -0.39 is 0 Å². The van der Waals surface area contributed by atoms with Gasteiger partial charge in [0.15, 0.2) is 5.78 Å². The molecule has 0 spiro atoms. The summed E-state index contributed by atoms with van der Waals surface area (Å²) < 4.78 is 11.8. The van der Waals surface area contributed by atoms with Gasteiger partial charge in [-0.15, -0.1) is 0 Å². The summed E-state index contributed by atoms with van der Waals surface area (Å²) in [6.45, 7) is 0. The van der Waals surface area contributed by atoms with Crippen molar-refractivity contribution >= 4 is 27.6 Å². The van der Waals surface area contributed by atoms with E-state index in [1.165, 1.54) is 0 Å². The number of hydrogen-bond acceptors (Lipinski definition) is 4. The average Bonchev–Trinajstić information content (AvgIpc) is 2.72. The van der Waals surface area contributed by atoms with Gasteiger partial charge in [-0.1, -0.05) is 28.1 Å². The molecule has 2 atom stereocenters. The number of halogens is 1. The second-order valence-corrected chi connectivity index (χ2v) is 8.30. The maximum absolute atomic E-state index is 13.2. The SMILES string of the molecule is COc1ccc(OC)c(C2CC(=O)C3=C(C2)NC(=O)CC3c2ccc(Br)cc2)c1. The molecule has 6 heteroatoms. The largest absolute Gasteiger partial charge is 0.497 e. The summed E-state index contributed by atoms with van der Waals surface area (Å²) in [7, 11) is 3.23. The van der Waals surface area contributed by atoms with Crippen LogP contribution < -0.4 is 14.8 Å². The molecule has 0 saturated heterocycles. The van der Waals surface area contributed by atoms with Crippen LogP contribution in [0.2, 0.25) is 0 Å². The molecule has 0 fully saturated rings.